The van der Waals surface area contributed by atoms with Gasteiger partial charge in [0.1, 0.15) is 0 Å². The fraction of sp³-hybridized carbons (Fsp3) is 0.364. The maximum atomic E-state index is 9.57. The minimum absolute atomic E-state index is 0.0661. The summed E-state index contributed by atoms with van der Waals surface area (Å²) in [5, 5.41) is 20.2. The van der Waals surface area contributed by atoms with Crippen LogP contribution in [0.2, 0.25) is 0 Å². The predicted octanol–water partition coefficient (Wildman–Crippen LogP) is 3.61. The van der Waals surface area contributed by atoms with Crippen molar-refractivity contribution in [2.24, 2.45) is 0 Å². The van der Waals surface area contributed by atoms with Crippen LogP contribution in [0.25, 0.3) is 10.9 Å². The molecule has 4 heteroatoms. The third kappa shape index (κ3) is 4.15. The zero-order valence-electron chi connectivity index (χ0n) is 15.6. The van der Waals surface area contributed by atoms with Gasteiger partial charge in [0.05, 0.1) is 13.2 Å². The number of hydrogen-bond donors (Lipinski definition) is 3. The molecule has 0 amide bonds. The number of aromatic amines is 1. The van der Waals surface area contributed by atoms with Crippen LogP contribution < -0.4 is 0 Å². The fourth-order valence-electron chi connectivity index (χ4n) is 3.40. The van der Waals surface area contributed by atoms with Crippen LogP contribution in [-0.2, 0) is 26.2 Å². The maximum absolute atomic E-state index is 9.57. The zero-order valence-corrected chi connectivity index (χ0v) is 15.6. The number of hydrogen-bond acceptors (Lipinski definition) is 3. The van der Waals surface area contributed by atoms with Gasteiger partial charge in [-0.2, -0.15) is 0 Å². The SMILES string of the molecule is CC(C)N(CCc1c[nH]c2ccc(CO)cc12)Cc1ccccc1CO. The molecule has 3 rings (SSSR count). The second-order valence-corrected chi connectivity index (χ2v) is 7.09. The Balaban J connectivity index is 1.75. The van der Waals surface area contributed by atoms with Crippen molar-refractivity contribution in [1.82, 2.24) is 9.88 Å². The van der Waals surface area contributed by atoms with E-state index in [-0.39, 0.29) is 13.2 Å². The second kappa shape index (κ2) is 8.49. The minimum Gasteiger partial charge on any atom is -0.392 e. The first-order chi connectivity index (χ1) is 12.6. The summed E-state index contributed by atoms with van der Waals surface area (Å²) >= 11 is 0. The minimum atomic E-state index is 0.0661. The molecule has 138 valence electrons. The Hall–Kier alpha value is -2.14. The van der Waals surface area contributed by atoms with Crippen molar-refractivity contribution in [3.63, 3.8) is 0 Å². The van der Waals surface area contributed by atoms with Crippen LogP contribution in [0, 0.1) is 0 Å². The van der Waals surface area contributed by atoms with Crippen LogP contribution in [-0.4, -0.2) is 32.7 Å². The molecule has 0 radical (unpaired) electrons. The first-order valence-corrected chi connectivity index (χ1v) is 9.23. The number of nitrogens with zero attached hydrogens (tertiary/aromatic N) is 1. The number of aliphatic hydroxyl groups is 2. The Bertz CT molecular complexity index is 854. The Kier molecular flexibility index (Phi) is 6.09. The third-order valence-corrected chi connectivity index (χ3v) is 5.08. The van der Waals surface area contributed by atoms with Gasteiger partial charge in [-0.05, 0) is 54.7 Å². The topological polar surface area (TPSA) is 59.5 Å². The summed E-state index contributed by atoms with van der Waals surface area (Å²) in [5.74, 6) is 0. The van der Waals surface area contributed by atoms with Crippen LogP contribution in [0.15, 0.2) is 48.7 Å². The summed E-state index contributed by atoms with van der Waals surface area (Å²) in [4.78, 5) is 5.76. The molecule has 0 bridgehead atoms. The molecule has 0 saturated carbocycles. The van der Waals surface area contributed by atoms with Gasteiger partial charge in [0.15, 0.2) is 0 Å². The predicted molar refractivity (Wildman–Crippen MR) is 106 cm³/mol. The van der Waals surface area contributed by atoms with E-state index in [0.717, 1.165) is 36.2 Å². The van der Waals surface area contributed by atoms with Gasteiger partial charge in [0.25, 0.3) is 0 Å². The molecule has 0 spiro atoms. The summed E-state index contributed by atoms with van der Waals surface area (Å²) in [6.07, 6.45) is 3.01. The van der Waals surface area contributed by atoms with E-state index in [1.807, 2.05) is 30.3 Å². The lowest BCUT2D eigenvalue weighted by molar-refractivity contribution is 0.212. The number of nitrogens with one attached hydrogen (secondary N) is 1. The molecule has 1 aromatic heterocycles. The molecule has 0 atom stereocenters. The normalized spacial score (nSPS) is 11.8. The van der Waals surface area contributed by atoms with Crippen LogP contribution in [0.5, 0.6) is 0 Å². The van der Waals surface area contributed by atoms with Gasteiger partial charge < -0.3 is 15.2 Å². The fourth-order valence-corrected chi connectivity index (χ4v) is 3.40. The van der Waals surface area contributed by atoms with Gasteiger partial charge in [-0.15, -0.1) is 0 Å². The molecule has 1 heterocycles. The number of fused-ring (bicyclic) bond motifs is 1. The molecule has 26 heavy (non-hydrogen) atoms. The van der Waals surface area contributed by atoms with Crippen LogP contribution in [0.4, 0.5) is 0 Å². The third-order valence-electron chi connectivity index (χ3n) is 5.08. The Morgan fingerprint density at radius 3 is 2.42 bits per heavy atom. The molecule has 0 aliphatic heterocycles. The van der Waals surface area contributed by atoms with E-state index in [1.54, 1.807) is 0 Å². The highest BCUT2D eigenvalue weighted by molar-refractivity contribution is 5.83. The summed E-state index contributed by atoms with van der Waals surface area (Å²) in [7, 11) is 0. The smallest absolute Gasteiger partial charge is 0.0685 e. The van der Waals surface area contributed by atoms with Crippen LogP contribution in [0.1, 0.15) is 36.1 Å². The van der Waals surface area contributed by atoms with Gasteiger partial charge in [-0.3, -0.25) is 4.90 Å². The molecule has 0 aliphatic carbocycles. The number of rotatable bonds is 8. The summed E-state index contributed by atoms with van der Waals surface area (Å²) in [6, 6.07) is 14.6. The summed E-state index contributed by atoms with van der Waals surface area (Å²) in [5.41, 5.74) is 5.51. The largest absolute Gasteiger partial charge is 0.392 e. The molecule has 4 nitrogen and oxygen atoms in total. The molecular weight excluding hydrogens is 324 g/mol. The lowest BCUT2D eigenvalue weighted by atomic mass is 10.1. The molecule has 0 unspecified atom stereocenters. The molecule has 0 aliphatic rings. The van der Waals surface area contributed by atoms with Crippen LogP contribution in [0.3, 0.4) is 0 Å². The van der Waals surface area contributed by atoms with E-state index >= 15 is 0 Å². The van der Waals surface area contributed by atoms with Gasteiger partial charge in [0, 0.05) is 36.2 Å². The van der Waals surface area contributed by atoms with Crippen molar-refractivity contribution in [3.05, 3.63) is 70.9 Å². The number of aliphatic hydroxyl groups excluding tert-OH is 2. The van der Waals surface area contributed by atoms with Crippen LogP contribution >= 0.6 is 0 Å². The standard InChI is InChI=1S/C22H28N2O2/c1-16(2)24(13-19-5-3-4-6-20(19)15-26)10-9-18-12-23-22-8-7-17(14-25)11-21(18)22/h3-8,11-12,16,23,25-26H,9-10,13-15H2,1-2H3. The van der Waals surface area contributed by atoms with E-state index < -0.39 is 0 Å². The second-order valence-electron chi connectivity index (χ2n) is 7.09. The van der Waals surface area contributed by atoms with Gasteiger partial charge in [-0.1, -0.05) is 30.3 Å². The highest BCUT2D eigenvalue weighted by Gasteiger charge is 2.14. The number of H-pyrrole nitrogens is 1. The van der Waals surface area contributed by atoms with Gasteiger partial charge in [-0.25, -0.2) is 0 Å². The summed E-state index contributed by atoms with van der Waals surface area (Å²) < 4.78 is 0. The Morgan fingerprint density at radius 1 is 0.962 bits per heavy atom. The molecule has 0 fully saturated rings. The number of benzene rings is 2. The van der Waals surface area contributed by atoms with Gasteiger partial charge >= 0.3 is 0 Å². The zero-order chi connectivity index (χ0) is 18.5. The molecule has 2 aromatic carbocycles. The lowest BCUT2D eigenvalue weighted by Gasteiger charge is -2.27. The van der Waals surface area contributed by atoms with Crippen molar-refractivity contribution in [1.29, 1.82) is 0 Å². The highest BCUT2D eigenvalue weighted by atomic mass is 16.3. The summed E-state index contributed by atoms with van der Waals surface area (Å²) in [6.45, 7) is 6.33. The van der Waals surface area contributed by atoms with E-state index in [9.17, 15) is 10.2 Å². The molecule has 0 saturated heterocycles. The van der Waals surface area contributed by atoms with Crippen molar-refractivity contribution in [3.8, 4) is 0 Å². The average Bonchev–Trinajstić information content (AvgIpc) is 3.07. The van der Waals surface area contributed by atoms with Crippen molar-refractivity contribution in [2.45, 2.75) is 46.1 Å². The van der Waals surface area contributed by atoms with E-state index in [2.05, 4.69) is 42.1 Å². The average molecular weight is 352 g/mol. The molecular formula is C22H28N2O2. The highest BCUT2D eigenvalue weighted by Crippen LogP contribution is 2.22. The van der Waals surface area contributed by atoms with E-state index in [4.69, 9.17) is 0 Å². The van der Waals surface area contributed by atoms with E-state index in [0.29, 0.717) is 6.04 Å². The first kappa shape index (κ1) is 18.6. The van der Waals surface area contributed by atoms with Gasteiger partial charge in [0.2, 0.25) is 0 Å². The van der Waals surface area contributed by atoms with Crippen molar-refractivity contribution >= 4 is 10.9 Å². The first-order valence-electron chi connectivity index (χ1n) is 9.23. The molecule has 3 N–H and O–H groups in total. The van der Waals surface area contributed by atoms with Crippen molar-refractivity contribution in [2.75, 3.05) is 6.54 Å². The van der Waals surface area contributed by atoms with E-state index in [1.165, 1.54) is 16.5 Å². The maximum Gasteiger partial charge on any atom is 0.0685 e. The number of aromatic nitrogens is 1. The lowest BCUT2D eigenvalue weighted by Crippen LogP contribution is -2.32. The quantitative estimate of drug-likeness (QED) is 0.580. The van der Waals surface area contributed by atoms with Crippen molar-refractivity contribution < 1.29 is 10.2 Å². The Morgan fingerprint density at radius 2 is 1.73 bits per heavy atom. The monoisotopic (exact) mass is 352 g/mol. The Labute approximate surface area is 155 Å². The molecule has 3 aromatic rings.